The molecule has 0 spiro atoms. The van der Waals surface area contributed by atoms with Gasteiger partial charge in [0.15, 0.2) is 5.69 Å². The number of methoxy groups -OCH3 is 1. The first kappa shape index (κ1) is 15.3. The minimum Gasteiger partial charge on any atom is -0.458 e. The molecule has 6 nitrogen and oxygen atoms in total. The second kappa shape index (κ2) is 5.89. The van der Waals surface area contributed by atoms with E-state index < -0.39 is 5.97 Å². The molecule has 0 aliphatic heterocycles. The van der Waals surface area contributed by atoms with Gasteiger partial charge in [0.2, 0.25) is 0 Å². The Hall–Kier alpha value is -2.60. The highest BCUT2D eigenvalue weighted by atomic mass is 16.5. The first-order valence-corrected chi connectivity index (χ1v) is 7.40. The van der Waals surface area contributed by atoms with Gasteiger partial charge in [-0.05, 0) is 32.0 Å². The summed E-state index contributed by atoms with van der Waals surface area (Å²) in [7, 11) is 1.58. The van der Waals surface area contributed by atoms with E-state index in [1.807, 2.05) is 18.2 Å². The Morgan fingerprint density at radius 1 is 1.35 bits per heavy atom. The van der Waals surface area contributed by atoms with E-state index in [0.29, 0.717) is 11.3 Å². The van der Waals surface area contributed by atoms with Gasteiger partial charge in [-0.15, -0.1) is 0 Å². The number of rotatable bonds is 4. The zero-order valence-corrected chi connectivity index (χ0v) is 13.3. The molecule has 120 valence electrons. The molecule has 0 bridgehead atoms. The monoisotopic (exact) mass is 313 g/mol. The van der Waals surface area contributed by atoms with E-state index in [0.717, 1.165) is 21.8 Å². The fraction of sp³-hybridized carbons (Fsp3) is 0.294. The number of nitrogen functional groups attached to an aromatic ring is 1. The zero-order valence-electron chi connectivity index (χ0n) is 13.3. The van der Waals surface area contributed by atoms with Gasteiger partial charge in [0.05, 0.1) is 24.4 Å². The number of aromatic nitrogens is 2. The first-order valence-electron chi connectivity index (χ1n) is 7.40. The van der Waals surface area contributed by atoms with Crippen molar-refractivity contribution in [3.8, 4) is 0 Å². The molecular weight excluding hydrogens is 294 g/mol. The van der Waals surface area contributed by atoms with Gasteiger partial charge in [-0.3, -0.25) is 0 Å². The van der Waals surface area contributed by atoms with Crippen LogP contribution in [-0.2, 0) is 16.1 Å². The topological polar surface area (TPSA) is 90.2 Å². The molecule has 0 radical (unpaired) electrons. The van der Waals surface area contributed by atoms with Gasteiger partial charge >= 0.3 is 5.97 Å². The van der Waals surface area contributed by atoms with Crippen molar-refractivity contribution in [2.75, 3.05) is 12.8 Å². The molecule has 0 unspecified atom stereocenters. The highest BCUT2D eigenvalue weighted by molar-refractivity contribution is 6.11. The molecule has 0 aliphatic carbocycles. The van der Waals surface area contributed by atoms with Crippen LogP contribution in [0.25, 0.3) is 21.8 Å². The number of H-pyrrole nitrogens is 1. The van der Waals surface area contributed by atoms with Crippen molar-refractivity contribution in [1.82, 2.24) is 9.97 Å². The van der Waals surface area contributed by atoms with Gasteiger partial charge in [-0.25, -0.2) is 9.78 Å². The van der Waals surface area contributed by atoms with Gasteiger partial charge in [0.25, 0.3) is 0 Å². The third kappa shape index (κ3) is 2.73. The number of carbonyl (C=O) groups is 1. The molecule has 0 saturated carbocycles. The van der Waals surface area contributed by atoms with E-state index >= 15 is 0 Å². The van der Waals surface area contributed by atoms with Crippen molar-refractivity contribution in [3.63, 3.8) is 0 Å². The Morgan fingerprint density at radius 2 is 2.13 bits per heavy atom. The second-order valence-electron chi connectivity index (χ2n) is 5.69. The fourth-order valence-electron chi connectivity index (χ4n) is 2.71. The van der Waals surface area contributed by atoms with Crippen LogP contribution >= 0.6 is 0 Å². The van der Waals surface area contributed by atoms with Crippen LogP contribution in [0.1, 0.15) is 29.9 Å². The maximum Gasteiger partial charge on any atom is 0.357 e. The highest BCUT2D eigenvalue weighted by Crippen LogP contribution is 2.31. The van der Waals surface area contributed by atoms with Gasteiger partial charge in [0, 0.05) is 34.6 Å². The molecule has 0 fully saturated rings. The molecule has 1 aromatic carbocycles. The van der Waals surface area contributed by atoms with Crippen molar-refractivity contribution in [2.45, 2.75) is 26.6 Å². The lowest BCUT2D eigenvalue weighted by Gasteiger charge is -2.11. The molecule has 6 heteroatoms. The lowest BCUT2D eigenvalue weighted by Crippen LogP contribution is -2.15. The molecule has 0 amide bonds. The van der Waals surface area contributed by atoms with Crippen LogP contribution in [0, 0.1) is 0 Å². The number of benzene rings is 1. The third-order valence-electron chi connectivity index (χ3n) is 3.59. The number of nitrogens with one attached hydrogen (secondary N) is 1. The van der Waals surface area contributed by atoms with Gasteiger partial charge in [-0.1, -0.05) is 0 Å². The number of anilines is 1. The molecule has 0 aliphatic rings. The van der Waals surface area contributed by atoms with Gasteiger partial charge in [-0.2, -0.15) is 0 Å². The van der Waals surface area contributed by atoms with Crippen LogP contribution in [-0.4, -0.2) is 29.2 Å². The van der Waals surface area contributed by atoms with Crippen molar-refractivity contribution >= 4 is 33.5 Å². The van der Waals surface area contributed by atoms with E-state index in [2.05, 4.69) is 9.97 Å². The second-order valence-corrected chi connectivity index (χ2v) is 5.69. The molecule has 3 aromatic rings. The minimum absolute atomic E-state index is 0.214. The predicted octanol–water partition coefficient (Wildman–Crippen LogP) is 3.01. The summed E-state index contributed by atoms with van der Waals surface area (Å²) in [6, 6.07) is 5.62. The standard InChI is InChI=1S/C17H19N3O3/c1-9(2)23-17(21)16-12(8-22-3)15-11-6-10(18)4-5-13(11)20-14(15)7-19-16/h4-7,9,20H,8,18H2,1-3H3. The van der Waals surface area contributed by atoms with E-state index in [4.69, 9.17) is 15.2 Å². The van der Waals surface area contributed by atoms with Crippen molar-refractivity contribution in [1.29, 1.82) is 0 Å². The van der Waals surface area contributed by atoms with Crippen LogP contribution in [0.5, 0.6) is 0 Å². The number of hydrogen-bond donors (Lipinski definition) is 2. The summed E-state index contributed by atoms with van der Waals surface area (Å²) in [6.07, 6.45) is 1.43. The summed E-state index contributed by atoms with van der Waals surface area (Å²) in [5, 5.41) is 1.83. The number of aromatic amines is 1. The minimum atomic E-state index is -0.452. The van der Waals surface area contributed by atoms with Gasteiger partial charge in [0.1, 0.15) is 0 Å². The highest BCUT2D eigenvalue weighted by Gasteiger charge is 2.21. The summed E-state index contributed by atoms with van der Waals surface area (Å²) >= 11 is 0. The number of nitrogens with two attached hydrogens (primary N) is 1. The van der Waals surface area contributed by atoms with Crippen molar-refractivity contribution < 1.29 is 14.3 Å². The smallest absolute Gasteiger partial charge is 0.357 e. The molecule has 0 saturated heterocycles. The van der Waals surface area contributed by atoms with Crippen LogP contribution in [0.2, 0.25) is 0 Å². The number of hydrogen-bond acceptors (Lipinski definition) is 5. The lowest BCUT2D eigenvalue weighted by atomic mass is 10.1. The Morgan fingerprint density at radius 3 is 2.83 bits per heavy atom. The molecule has 23 heavy (non-hydrogen) atoms. The summed E-state index contributed by atoms with van der Waals surface area (Å²) in [6.45, 7) is 3.87. The Bertz CT molecular complexity index is 884. The summed E-state index contributed by atoms with van der Waals surface area (Å²) in [5.41, 5.74) is 9.31. The molecule has 0 atom stereocenters. The van der Waals surface area contributed by atoms with Crippen molar-refractivity contribution in [2.24, 2.45) is 0 Å². The van der Waals surface area contributed by atoms with E-state index in [-0.39, 0.29) is 18.4 Å². The molecule has 3 N–H and O–H groups in total. The van der Waals surface area contributed by atoms with E-state index in [9.17, 15) is 4.79 Å². The SMILES string of the molecule is COCc1c(C(=O)OC(C)C)ncc2[nH]c3ccc(N)cc3c12. The third-order valence-corrected chi connectivity index (χ3v) is 3.59. The maximum absolute atomic E-state index is 12.3. The predicted molar refractivity (Wildman–Crippen MR) is 89.3 cm³/mol. The number of fused-ring (bicyclic) bond motifs is 3. The average Bonchev–Trinajstić information content (AvgIpc) is 2.85. The molecular formula is C17H19N3O3. The van der Waals surface area contributed by atoms with Gasteiger partial charge < -0.3 is 20.2 Å². The Kier molecular flexibility index (Phi) is 3.92. The largest absolute Gasteiger partial charge is 0.458 e. The number of ether oxygens (including phenoxy) is 2. The normalized spacial score (nSPS) is 11.5. The quantitative estimate of drug-likeness (QED) is 0.571. The number of carbonyl (C=O) groups excluding carboxylic acids is 1. The van der Waals surface area contributed by atoms with E-state index in [1.165, 1.54) is 0 Å². The van der Waals surface area contributed by atoms with Crippen LogP contribution < -0.4 is 5.73 Å². The van der Waals surface area contributed by atoms with Crippen molar-refractivity contribution in [3.05, 3.63) is 35.7 Å². The van der Waals surface area contributed by atoms with E-state index in [1.54, 1.807) is 27.2 Å². The Labute approximate surface area is 133 Å². The summed E-state index contributed by atoms with van der Waals surface area (Å²) < 4.78 is 10.6. The number of esters is 1. The summed E-state index contributed by atoms with van der Waals surface area (Å²) in [5.74, 6) is -0.452. The fourth-order valence-corrected chi connectivity index (χ4v) is 2.71. The molecule has 3 rings (SSSR count). The maximum atomic E-state index is 12.3. The average molecular weight is 313 g/mol. The van der Waals surface area contributed by atoms with Crippen LogP contribution in [0.15, 0.2) is 24.4 Å². The number of nitrogens with zero attached hydrogens (tertiary/aromatic N) is 1. The molecule has 2 heterocycles. The first-order chi connectivity index (χ1) is 11.0. The summed E-state index contributed by atoms with van der Waals surface area (Å²) in [4.78, 5) is 19.9. The molecule has 2 aromatic heterocycles. The lowest BCUT2D eigenvalue weighted by molar-refractivity contribution is 0.0366. The zero-order chi connectivity index (χ0) is 16.6. The Balaban J connectivity index is 2.29. The number of pyridine rings is 1. The van der Waals surface area contributed by atoms with Crippen LogP contribution in [0.4, 0.5) is 5.69 Å². The van der Waals surface area contributed by atoms with Crippen LogP contribution in [0.3, 0.4) is 0 Å².